The van der Waals surface area contributed by atoms with Crippen molar-refractivity contribution in [3.05, 3.63) is 58.6 Å². The Labute approximate surface area is 118 Å². The lowest BCUT2D eigenvalue weighted by molar-refractivity contribution is 0.0696. The van der Waals surface area contributed by atoms with Crippen LogP contribution < -0.4 is 5.32 Å². The van der Waals surface area contributed by atoms with Gasteiger partial charge in [-0.25, -0.2) is 9.18 Å². The number of aromatic carboxylic acids is 1. The number of carbonyl (C=O) groups is 2. The third-order valence-electron chi connectivity index (χ3n) is 2.42. The van der Waals surface area contributed by atoms with Crippen molar-refractivity contribution in [3.8, 4) is 0 Å². The van der Waals surface area contributed by atoms with Crippen LogP contribution in [-0.2, 0) is 0 Å². The van der Waals surface area contributed by atoms with Gasteiger partial charge in [-0.15, -0.1) is 0 Å². The number of amides is 1. The molecule has 2 N–H and O–H groups in total. The Hall–Kier alpha value is -2.47. The lowest BCUT2D eigenvalue weighted by atomic mass is 10.2. The summed E-state index contributed by atoms with van der Waals surface area (Å²) in [7, 11) is 0. The van der Waals surface area contributed by atoms with E-state index in [1.807, 2.05) is 0 Å². The summed E-state index contributed by atoms with van der Waals surface area (Å²) in [4.78, 5) is 26.3. The molecule has 5 nitrogen and oxygen atoms in total. The molecule has 20 heavy (non-hydrogen) atoms. The highest BCUT2D eigenvalue weighted by Gasteiger charge is 2.12. The first kappa shape index (κ1) is 14.0. The molecule has 102 valence electrons. The largest absolute Gasteiger partial charge is 0.478 e. The van der Waals surface area contributed by atoms with Gasteiger partial charge < -0.3 is 10.4 Å². The van der Waals surface area contributed by atoms with Gasteiger partial charge in [0.1, 0.15) is 5.82 Å². The van der Waals surface area contributed by atoms with Gasteiger partial charge in [0.05, 0.1) is 22.3 Å². The molecular formula is C13H8ClFN2O3. The Balaban J connectivity index is 2.24. The maximum atomic E-state index is 13.0. The van der Waals surface area contributed by atoms with Gasteiger partial charge in [-0.2, -0.15) is 0 Å². The number of carbonyl (C=O) groups excluding carboxylic acids is 1. The normalized spacial score (nSPS) is 10.1. The number of carboxylic acid groups (broad SMARTS) is 1. The van der Waals surface area contributed by atoms with Gasteiger partial charge in [-0.05, 0) is 24.3 Å². The zero-order valence-electron chi connectivity index (χ0n) is 9.93. The molecule has 1 amide bonds. The summed E-state index contributed by atoms with van der Waals surface area (Å²) in [5.74, 6) is -2.45. The standard InChI is InChI=1S/C13H8ClFN2O3/c14-11-2-1-9(4-10(11)13(19)20)17-12(18)7-3-8(15)6-16-5-7/h1-6H,(H,17,18)(H,19,20). The van der Waals surface area contributed by atoms with Crippen LogP contribution in [0.2, 0.25) is 5.02 Å². The predicted molar refractivity (Wildman–Crippen MR) is 70.6 cm³/mol. The minimum Gasteiger partial charge on any atom is -0.478 e. The van der Waals surface area contributed by atoms with Gasteiger partial charge in [0.2, 0.25) is 0 Å². The van der Waals surface area contributed by atoms with E-state index in [1.165, 1.54) is 24.4 Å². The first-order chi connectivity index (χ1) is 9.47. The molecule has 0 saturated carbocycles. The molecule has 2 rings (SSSR count). The van der Waals surface area contributed by atoms with E-state index in [4.69, 9.17) is 16.7 Å². The van der Waals surface area contributed by atoms with Crippen molar-refractivity contribution >= 4 is 29.2 Å². The molecular weight excluding hydrogens is 287 g/mol. The van der Waals surface area contributed by atoms with E-state index < -0.39 is 17.7 Å². The molecule has 0 atom stereocenters. The summed E-state index contributed by atoms with van der Waals surface area (Å²) < 4.78 is 13.0. The number of anilines is 1. The molecule has 0 aliphatic rings. The Morgan fingerprint density at radius 1 is 1.25 bits per heavy atom. The Morgan fingerprint density at radius 3 is 2.65 bits per heavy atom. The first-order valence-electron chi connectivity index (χ1n) is 5.42. The van der Waals surface area contributed by atoms with Crippen molar-refractivity contribution in [1.29, 1.82) is 0 Å². The van der Waals surface area contributed by atoms with Gasteiger partial charge in [0.25, 0.3) is 5.91 Å². The molecule has 0 radical (unpaired) electrons. The molecule has 0 fully saturated rings. The predicted octanol–water partition coefficient (Wildman–Crippen LogP) is 2.82. The zero-order valence-corrected chi connectivity index (χ0v) is 10.7. The van der Waals surface area contributed by atoms with E-state index >= 15 is 0 Å². The third kappa shape index (κ3) is 3.10. The zero-order chi connectivity index (χ0) is 14.7. The molecule has 0 saturated heterocycles. The number of nitrogens with one attached hydrogen (secondary N) is 1. The molecule has 1 heterocycles. The van der Waals surface area contributed by atoms with Gasteiger partial charge in [-0.1, -0.05) is 11.6 Å². The van der Waals surface area contributed by atoms with Crippen molar-refractivity contribution < 1.29 is 19.1 Å². The topological polar surface area (TPSA) is 79.3 Å². The molecule has 2 aromatic rings. The molecule has 0 spiro atoms. The van der Waals surface area contributed by atoms with E-state index in [-0.39, 0.29) is 21.8 Å². The Morgan fingerprint density at radius 2 is 2.00 bits per heavy atom. The van der Waals surface area contributed by atoms with Crippen LogP contribution in [0.4, 0.5) is 10.1 Å². The van der Waals surface area contributed by atoms with Crippen molar-refractivity contribution in [2.24, 2.45) is 0 Å². The summed E-state index contributed by atoms with van der Waals surface area (Å²) in [5, 5.41) is 11.4. The van der Waals surface area contributed by atoms with Gasteiger partial charge in [0.15, 0.2) is 0 Å². The van der Waals surface area contributed by atoms with Crippen LogP contribution in [0.5, 0.6) is 0 Å². The van der Waals surface area contributed by atoms with Crippen molar-refractivity contribution in [3.63, 3.8) is 0 Å². The van der Waals surface area contributed by atoms with Crippen LogP contribution in [0.15, 0.2) is 36.7 Å². The van der Waals surface area contributed by atoms with E-state index in [1.54, 1.807) is 0 Å². The number of nitrogens with zero attached hydrogens (tertiary/aromatic N) is 1. The highest BCUT2D eigenvalue weighted by atomic mass is 35.5. The molecule has 1 aromatic carbocycles. The van der Waals surface area contributed by atoms with Crippen molar-refractivity contribution in [1.82, 2.24) is 4.98 Å². The van der Waals surface area contributed by atoms with E-state index in [0.717, 1.165) is 12.3 Å². The van der Waals surface area contributed by atoms with Crippen LogP contribution in [0.25, 0.3) is 0 Å². The van der Waals surface area contributed by atoms with E-state index in [9.17, 15) is 14.0 Å². The second kappa shape index (κ2) is 5.66. The maximum Gasteiger partial charge on any atom is 0.337 e. The third-order valence-corrected chi connectivity index (χ3v) is 2.75. The second-order valence-corrected chi connectivity index (χ2v) is 4.25. The smallest absolute Gasteiger partial charge is 0.337 e. The van der Waals surface area contributed by atoms with E-state index in [0.29, 0.717) is 0 Å². The van der Waals surface area contributed by atoms with Crippen LogP contribution >= 0.6 is 11.6 Å². The van der Waals surface area contributed by atoms with E-state index in [2.05, 4.69) is 10.3 Å². The fourth-order valence-corrected chi connectivity index (χ4v) is 1.70. The maximum absolute atomic E-state index is 13.0. The summed E-state index contributed by atoms with van der Waals surface area (Å²) in [5.41, 5.74) is 0.125. The minimum absolute atomic E-state index is 0.0248. The minimum atomic E-state index is -1.21. The quantitative estimate of drug-likeness (QED) is 0.912. The number of hydrogen-bond donors (Lipinski definition) is 2. The number of rotatable bonds is 3. The molecule has 1 aromatic heterocycles. The van der Waals surface area contributed by atoms with Crippen molar-refractivity contribution in [2.75, 3.05) is 5.32 Å². The average molecular weight is 295 g/mol. The first-order valence-corrected chi connectivity index (χ1v) is 5.80. The second-order valence-electron chi connectivity index (χ2n) is 3.85. The number of carboxylic acids is 1. The fraction of sp³-hybridized carbons (Fsp3) is 0. The molecule has 7 heteroatoms. The summed E-state index contributed by atoms with van der Waals surface area (Å²) in [6, 6.07) is 5.04. The number of halogens is 2. The summed E-state index contributed by atoms with van der Waals surface area (Å²) >= 11 is 5.71. The lowest BCUT2D eigenvalue weighted by Crippen LogP contribution is -2.13. The van der Waals surface area contributed by atoms with Crippen LogP contribution in [-0.4, -0.2) is 22.0 Å². The summed E-state index contributed by atoms with van der Waals surface area (Å²) in [6.07, 6.45) is 2.17. The highest BCUT2D eigenvalue weighted by molar-refractivity contribution is 6.33. The SMILES string of the molecule is O=C(Nc1ccc(Cl)c(C(=O)O)c1)c1cncc(F)c1. The fourth-order valence-electron chi connectivity index (χ4n) is 1.51. The lowest BCUT2D eigenvalue weighted by Gasteiger charge is -2.07. The van der Waals surface area contributed by atoms with Crippen LogP contribution in [0.3, 0.4) is 0 Å². The van der Waals surface area contributed by atoms with Crippen LogP contribution in [0.1, 0.15) is 20.7 Å². The molecule has 0 bridgehead atoms. The number of pyridine rings is 1. The number of benzene rings is 1. The molecule has 0 unspecified atom stereocenters. The number of hydrogen-bond acceptors (Lipinski definition) is 3. The van der Waals surface area contributed by atoms with Gasteiger partial charge >= 0.3 is 5.97 Å². The molecule has 0 aliphatic heterocycles. The monoisotopic (exact) mass is 294 g/mol. The van der Waals surface area contributed by atoms with Crippen molar-refractivity contribution in [2.45, 2.75) is 0 Å². The van der Waals surface area contributed by atoms with Gasteiger partial charge in [-0.3, -0.25) is 9.78 Å². The van der Waals surface area contributed by atoms with Crippen LogP contribution in [0, 0.1) is 5.82 Å². The Kier molecular flexibility index (Phi) is 3.95. The number of aromatic nitrogens is 1. The highest BCUT2D eigenvalue weighted by Crippen LogP contribution is 2.21. The molecule has 0 aliphatic carbocycles. The Bertz CT molecular complexity index is 691. The summed E-state index contributed by atoms with van der Waals surface area (Å²) in [6.45, 7) is 0. The average Bonchev–Trinajstić information content (AvgIpc) is 2.40. The van der Waals surface area contributed by atoms with Gasteiger partial charge in [0, 0.05) is 11.9 Å².